The van der Waals surface area contributed by atoms with Gasteiger partial charge >= 0.3 is 7.82 Å². The number of aromatic nitrogens is 8. The van der Waals surface area contributed by atoms with E-state index >= 15 is 0 Å². The number of anilines is 2. The number of aliphatic hydroxyl groups is 1. The first-order valence-electron chi connectivity index (χ1n) is 13.3. The minimum atomic E-state index is -4.76. The fraction of sp³-hybridized carbons (Fsp3) is 0.565. The van der Waals surface area contributed by atoms with Crippen molar-refractivity contribution >= 4 is 53.7 Å². The molecule has 18 nitrogen and oxygen atoms in total. The predicted octanol–water partition coefficient (Wildman–Crippen LogP) is 0.417. The Hall–Kier alpha value is -3.16. The van der Waals surface area contributed by atoms with Gasteiger partial charge in [-0.2, -0.15) is 4.98 Å². The maximum Gasteiger partial charge on any atom is 0.472 e. The standard InChI is InChI=1S/C23H31N10O8PS/c1-9-10(2)21(32-7-28-13-17(24)26-6-27-18(13)32)40-11(9)4-39-42(36,37)41-16-15(34)12(5-38-3)43-22(16)33-8-29-14-19(33)30-23(25)31-20(14)35/h6-12,15-16,21-22,34H,4-5H2,1-3H3,(H,36,37)(H2,24,26,27)(H3,25,30,31,35)/t9?,10?,11-,12-,15?,16?,21-,22-/m1/s1. The topological polar surface area (TPSA) is 254 Å². The lowest BCUT2D eigenvalue weighted by Crippen LogP contribution is -2.35. The van der Waals surface area contributed by atoms with E-state index in [0.29, 0.717) is 11.2 Å². The van der Waals surface area contributed by atoms with Gasteiger partial charge in [0, 0.05) is 13.0 Å². The number of nitrogens with one attached hydrogen (secondary N) is 1. The minimum absolute atomic E-state index is 0.0116. The number of nitrogens with zero attached hydrogens (tertiary/aromatic N) is 7. The van der Waals surface area contributed by atoms with Crippen LogP contribution in [0.3, 0.4) is 0 Å². The highest BCUT2D eigenvalue weighted by Gasteiger charge is 2.50. The van der Waals surface area contributed by atoms with Gasteiger partial charge in [-0.05, 0) is 5.92 Å². The lowest BCUT2D eigenvalue weighted by atomic mass is 9.93. The molecule has 0 amide bonds. The number of rotatable bonds is 9. The number of hydrogen-bond acceptors (Lipinski definition) is 15. The molecule has 6 rings (SSSR count). The third-order valence-corrected chi connectivity index (χ3v) is 10.4. The Bertz CT molecular complexity index is 1750. The van der Waals surface area contributed by atoms with Crippen LogP contribution in [0.4, 0.5) is 11.8 Å². The van der Waals surface area contributed by atoms with E-state index < -0.39 is 48.5 Å². The van der Waals surface area contributed by atoms with Crippen LogP contribution < -0.4 is 17.0 Å². The Morgan fingerprint density at radius 2 is 1.84 bits per heavy atom. The second-order valence-corrected chi connectivity index (χ2v) is 13.3. The molecular weight excluding hydrogens is 607 g/mol. The van der Waals surface area contributed by atoms with Crippen molar-refractivity contribution in [1.29, 1.82) is 0 Å². The lowest BCUT2D eigenvalue weighted by Gasteiger charge is -2.26. The zero-order valence-electron chi connectivity index (χ0n) is 23.2. The van der Waals surface area contributed by atoms with Crippen LogP contribution >= 0.6 is 19.6 Å². The maximum absolute atomic E-state index is 13.3. The zero-order chi connectivity index (χ0) is 30.6. The van der Waals surface area contributed by atoms with E-state index in [4.69, 9.17) is 30.0 Å². The van der Waals surface area contributed by atoms with Gasteiger partial charge in [0.05, 0.1) is 43.3 Å². The molecule has 7 N–H and O–H groups in total. The van der Waals surface area contributed by atoms with Crippen LogP contribution in [0.25, 0.3) is 22.3 Å². The number of aliphatic hydroxyl groups excluding tert-OH is 1. The van der Waals surface area contributed by atoms with Crippen LogP contribution in [-0.4, -0.2) is 92.9 Å². The molecule has 0 radical (unpaired) electrons. The third-order valence-electron chi connectivity index (χ3n) is 7.87. The first-order valence-corrected chi connectivity index (χ1v) is 15.7. The van der Waals surface area contributed by atoms with Crippen molar-refractivity contribution in [3.05, 3.63) is 29.3 Å². The SMILES string of the molecule is COC[C@H]1S[C@@H](n2cnc3c(=O)[nH]c(N)nc32)C(OP(=O)(O)OC[C@H]2O[C@@H](n3cnc4c(N)ncnc43)C(C)C2C)C1O. The summed E-state index contributed by atoms with van der Waals surface area (Å²) in [6, 6.07) is 0. The van der Waals surface area contributed by atoms with Crippen molar-refractivity contribution in [1.82, 2.24) is 39.0 Å². The number of aromatic amines is 1. The number of ether oxygens (including phenoxy) is 2. The molecular formula is C23H31N10O8PS. The molecule has 2 aliphatic rings. The average molecular weight is 639 g/mol. The van der Waals surface area contributed by atoms with Crippen molar-refractivity contribution in [2.45, 2.75) is 49.0 Å². The normalized spacial score (nSPS) is 30.8. The molecule has 2 aliphatic heterocycles. The number of nitrogen functional groups attached to an aromatic ring is 2. The average Bonchev–Trinajstić information content (AvgIpc) is 3.71. The van der Waals surface area contributed by atoms with Gasteiger partial charge in [-0.25, -0.2) is 24.5 Å². The number of H-pyrrole nitrogens is 1. The van der Waals surface area contributed by atoms with Gasteiger partial charge in [0.15, 0.2) is 22.6 Å². The quantitative estimate of drug-likeness (QED) is 0.156. The van der Waals surface area contributed by atoms with Gasteiger partial charge in [0.2, 0.25) is 5.95 Å². The number of phosphoric ester groups is 1. The van der Waals surface area contributed by atoms with E-state index in [0.717, 1.165) is 0 Å². The Morgan fingerprint density at radius 1 is 1.09 bits per heavy atom. The smallest absolute Gasteiger partial charge is 0.389 e. The summed E-state index contributed by atoms with van der Waals surface area (Å²) in [5.74, 6) is -0.0394. The number of hydrogen-bond donors (Lipinski definition) is 5. The molecule has 232 valence electrons. The second kappa shape index (κ2) is 11.4. The number of nitrogens with two attached hydrogens (primary N) is 2. The summed E-state index contributed by atoms with van der Waals surface area (Å²) in [6.45, 7) is 3.77. The van der Waals surface area contributed by atoms with E-state index in [1.54, 1.807) is 10.9 Å². The zero-order valence-corrected chi connectivity index (χ0v) is 25.0. The summed E-state index contributed by atoms with van der Waals surface area (Å²) in [7, 11) is -3.30. The second-order valence-electron chi connectivity index (χ2n) is 10.5. The number of phosphoric acid groups is 1. The molecule has 2 saturated heterocycles. The lowest BCUT2D eigenvalue weighted by molar-refractivity contribution is -0.0425. The van der Waals surface area contributed by atoms with E-state index in [1.165, 1.54) is 36.1 Å². The van der Waals surface area contributed by atoms with E-state index in [-0.39, 0.29) is 48.0 Å². The fourth-order valence-electron chi connectivity index (χ4n) is 5.43. The first kappa shape index (κ1) is 29.9. The number of fused-ring (bicyclic) bond motifs is 2. The highest BCUT2D eigenvalue weighted by molar-refractivity contribution is 8.00. The molecule has 43 heavy (non-hydrogen) atoms. The highest BCUT2D eigenvalue weighted by atomic mass is 32.2. The van der Waals surface area contributed by atoms with Crippen LogP contribution in [0.15, 0.2) is 23.8 Å². The molecule has 2 fully saturated rings. The summed E-state index contributed by atoms with van der Waals surface area (Å²) in [6.07, 6.45) is 0.652. The van der Waals surface area contributed by atoms with Gasteiger partial charge in [-0.3, -0.25) is 28.0 Å². The first-order chi connectivity index (χ1) is 20.5. The number of imidazole rings is 2. The summed E-state index contributed by atoms with van der Waals surface area (Å²) >= 11 is 1.21. The summed E-state index contributed by atoms with van der Waals surface area (Å²) in [4.78, 5) is 46.3. The van der Waals surface area contributed by atoms with Crippen LogP contribution in [0, 0.1) is 11.8 Å². The molecule has 0 bridgehead atoms. The van der Waals surface area contributed by atoms with Crippen molar-refractivity contribution < 1.29 is 33.1 Å². The van der Waals surface area contributed by atoms with E-state index in [1.807, 2.05) is 13.8 Å². The summed E-state index contributed by atoms with van der Waals surface area (Å²) in [5.41, 5.74) is 12.2. The molecule has 20 heteroatoms. The predicted molar refractivity (Wildman–Crippen MR) is 153 cm³/mol. The van der Waals surface area contributed by atoms with Crippen molar-refractivity contribution in [3.8, 4) is 0 Å². The minimum Gasteiger partial charge on any atom is -0.389 e. The van der Waals surface area contributed by atoms with Crippen molar-refractivity contribution in [2.24, 2.45) is 11.8 Å². The van der Waals surface area contributed by atoms with Crippen LogP contribution in [-0.2, 0) is 23.1 Å². The van der Waals surface area contributed by atoms with E-state index in [9.17, 15) is 19.4 Å². The molecule has 4 aromatic rings. The number of thioether (sulfide) groups is 1. The maximum atomic E-state index is 13.3. The fourth-order valence-corrected chi connectivity index (χ4v) is 8.00. The highest BCUT2D eigenvalue weighted by Crippen LogP contribution is 2.54. The van der Waals surface area contributed by atoms with Crippen molar-refractivity contribution in [2.75, 3.05) is 31.8 Å². The molecule has 9 atom stereocenters. The van der Waals surface area contributed by atoms with Crippen LogP contribution in [0.5, 0.6) is 0 Å². The van der Waals surface area contributed by atoms with Gasteiger partial charge in [-0.15, -0.1) is 11.8 Å². The molecule has 0 aliphatic carbocycles. The van der Waals surface area contributed by atoms with Gasteiger partial charge in [0.1, 0.15) is 29.5 Å². The van der Waals surface area contributed by atoms with Gasteiger partial charge in [-0.1, -0.05) is 13.8 Å². The van der Waals surface area contributed by atoms with Gasteiger partial charge in [0.25, 0.3) is 5.56 Å². The Kier molecular flexibility index (Phi) is 7.93. The summed E-state index contributed by atoms with van der Waals surface area (Å²) in [5, 5.41) is 9.72. The van der Waals surface area contributed by atoms with Crippen molar-refractivity contribution in [3.63, 3.8) is 0 Å². The van der Waals surface area contributed by atoms with Crippen LogP contribution in [0.2, 0.25) is 0 Å². The third kappa shape index (κ3) is 5.40. The Labute approximate surface area is 247 Å². The monoisotopic (exact) mass is 638 g/mol. The molecule has 0 aromatic carbocycles. The molecule has 0 spiro atoms. The molecule has 4 aromatic heterocycles. The molecule has 6 heterocycles. The summed E-state index contributed by atoms with van der Waals surface area (Å²) < 4.78 is 39.0. The van der Waals surface area contributed by atoms with E-state index in [2.05, 4.69) is 29.9 Å². The van der Waals surface area contributed by atoms with Crippen LogP contribution in [0.1, 0.15) is 25.4 Å². The Balaban J connectivity index is 1.19. The largest absolute Gasteiger partial charge is 0.472 e. The molecule has 5 unspecified atom stereocenters. The van der Waals surface area contributed by atoms with Gasteiger partial charge < -0.3 is 30.9 Å². The number of methoxy groups -OCH3 is 1. The Morgan fingerprint density at radius 3 is 2.60 bits per heavy atom. The molecule has 0 saturated carbocycles.